The highest BCUT2D eigenvalue weighted by Gasteiger charge is 2.02. The highest BCUT2D eigenvalue weighted by molar-refractivity contribution is 5.85. The lowest BCUT2D eigenvalue weighted by atomic mass is 10.0. The zero-order valence-electron chi connectivity index (χ0n) is 10.8. The first-order valence-corrected chi connectivity index (χ1v) is 6.54. The molecule has 2 rings (SSSR count). The molecule has 0 spiro atoms. The highest BCUT2D eigenvalue weighted by atomic mass is 16.1. The van der Waals surface area contributed by atoms with E-state index in [1.165, 1.54) is 16.3 Å². The maximum absolute atomic E-state index is 11.4. The summed E-state index contributed by atoms with van der Waals surface area (Å²) in [4.78, 5) is 11.4. The van der Waals surface area contributed by atoms with E-state index in [1.807, 2.05) is 6.92 Å². The second-order valence-electron chi connectivity index (χ2n) is 4.49. The molecule has 2 nitrogen and oxygen atoms in total. The van der Waals surface area contributed by atoms with Crippen LogP contribution in [0.5, 0.6) is 0 Å². The first-order chi connectivity index (χ1) is 8.81. The third-order valence-corrected chi connectivity index (χ3v) is 3.07. The predicted octanol–water partition coefficient (Wildman–Crippen LogP) is 3.30. The number of amides is 1. The van der Waals surface area contributed by atoms with Gasteiger partial charge in [0.15, 0.2) is 0 Å². The van der Waals surface area contributed by atoms with Crippen LogP contribution in [-0.4, -0.2) is 12.5 Å². The van der Waals surface area contributed by atoms with E-state index < -0.39 is 0 Å². The lowest BCUT2D eigenvalue weighted by Gasteiger charge is -2.07. The normalized spacial score (nSPS) is 10.5. The van der Waals surface area contributed by atoms with Crippen molar-refractivity contribution in [3.63, 3.8) is 0 Å². The van der Waals surface area contributed by atoms with Gasteiger partial charge in [0.2, 0.25) is 5.91 Å². The van der Waals surface area contributed by atoms with E-state index in [2.05, 4.69) is 47.8 Å². The van der Waals surface area contributed by atoms with Gasteiger partial charge in [0.25, 0.3) is 0 Å². The summed E-state index contributed by atoms with van der Waals surface area (Å²) in [5.74, 6) is 0.151. The van der Waals surface area contributed by atoms with Gasteiger partial charge in [-0.2, -0.15) is 0 Å². The van der Waals surface area contributed by atoms with Crippen molar-refractivity contribution in [1.82, 2.24) is 5.32 Å². The second kappa shape index (κ2) is 6.20. The summed E-state index contributed by atoms with van der Waals surface area (Å²) >= 11 is 0. The molecule has 0 aromatic heterocycles. The molecule has 2 heteroatoms. The van der Waals surface area contributed by atoms with Crippen molar-refractivity contribution in [3.8, 4) is 0 Å². The predicted molar refractivity (Wildman–Crippen MR) is 75.6 cm³/mol. The lowest BCUT2D eigenvalue weighted by Crippen LogP contribution is -2.25. The van der Waals surface area contributed by atoms with Crippen LogP contribution in [0.25, 0.3) is 10.8 Å². The quantitative estimate of drug-likeness (QED) is 0.855. The molecular weight excluding hydrogens is 222 g/mol. The average Bonchev–Trinajstić information content (AvgIpc) is 2.39. The summed E-state index contributed by atoms with van der Waals surface area (Å²) in [6.45, 7) is 2.73. The Morgan fingerprint density at radius 1 is 1.11 bits per heavy atom. The zero-order valence-corrected chi connectivity index (χ0v) is 10.8. The van der Waals surface area contributed by atoms with Crippen molar-refractivity contribution in [2.75, 3.05) is 6.54 Å². The molecule has 18 heavy (non-hydrogen) atoms. The van der Waals surface area contributed by atoms with Crippen LogP contribution >= 0.6 is 0 Å². The van der Waals surface area contributed by atoms with Gasteiger partial charge in [-0.3, -0.25) is 4.79 Å². The first kappa shape index (κ1) is 12.6. The Morgan fingerprint density at radius 2 is 1.89 bits per heavy atom. The molecule has 0 unspecified atom stereocenters. The van der Waals surface area contributed by atoms with Crippen LogP contribution in [0.2, 0.25) is 0 Å². The molecule has 0 aliphatic heterocycles. The Morgan fingerprint density at radius 3 is 2.72 bits per heavy atom. The fraction of sp³-hybridized carbons (Fsp3) is 0.312. The molecule has 0 radical (unpaired) electrons. The minimum absolute atomic E-state index is 0.151. The van der Waals surface area contributed by atoms with Crippen molar-refractivity contribution in [1.29, 1.82) is 0 Å². The standard InChI is InChI=1S/C16H19NO/c1-2-6-16(18)17-12-11-14-9-5-8-13-7-3-4-10-15(13)14/h3-5,7-10H,2,6,11-12H2,1H3,(H,17,18). The van der Waals surface area contributed by atoms with E-state index in [4.69, 9.17) is 0 Å². The third-order valence-electron chi connectivity index (χ3n) is 3.07. The van der Waals surface area contributed by atoms with Crippen molar-refractivity contribution < 1.29 is 4.79 Å². The van der Waals surface area contributed by atoms with Gasteiger partial charge in [0.1, 0.15) is 0 Å². The van der Waals surface area contributed by atoms with Gasteiger partial charge in [-0.1, -0.05) is 49.4 Å². The summed E-state index contributed by atoms with van der Waals surface area (Å²) < 4.78 is 0. The van der Waals surface area contributed by atoms with Crippen LogP contribution in [0.3, 0.4) is 0 Å². The van der Waals surface area contributed by atoms with E-state index in [9.17, 15) is 4.79 Å². The molecule has 0 atom stereocenters. The topological polar surface area (TPSA) is 29.1 Å². The molecule has 0 bridgehead atoms. The molecule has 0 saturated heterocycles. The fourth-order valence-corrected chi connectivity index (χ4v) is 2.16. The highest BCUT2D eigenvalue weighted by Crippen LogP contribution is 2.18. The molecule has 0 fully saturated rings. The second-order valence-corrected chi connectivity index (χ2v) is 4.49. The Balaban J connectivity index is 2.01. The maximum atomic E-state index is 11.4. The fourth-order valence-electron chi connectivity index (χ4n) is 2.16. The number of fused-ring (bicyclic) bond motifs is 1. The Bertz CT molecular complexity index is 528. The monoisotopic (exact) mass is 241 g/mol. The van der Waals surface area contributed by atoms with E-state index in [-0.39, 0.29) is 5.91 Å². The minimum Gasteiger partial charge on any atom is -0.356 e. The summed E-state index contributed by atoms with van der Waals surface area (Å²) in [6.07, 6.45) is 2.41. The van der Waals surface area contributed by atoms with Gasteiger partial charge >= 0.3 is 0 Å². The van der Waals surface area contributed by atoms with Crippen LogP contribution in [-0.2, 0) is 11.2 Å². The number of nitrogens with one attached hydrogen (secondary N) is 1. The van der Waals surface area contributed by atoms with Gasteiger partial charge in [-0.25, -0.2) is 0 Å². The van der Waals surface area contributed by atoms with Crippen LogP contribution in [0.15, 0.2) is 42.5 Å². The van der Waals surface area contributed by atoms with Crippen molar-refractivity contribution in [2.24, 2.45) is 0 Å². The molecule has 0 aliphatic carbocycles. The number of carbonyl (C=O) groups excluding carboxylic acids is 1. The summed E-state index contributed by atoms with van der Waals surface area (Å²) in [7, 11) is 0. The SMILES string of the molecule is CCCC(=O)NCCc1cccc2ccccc12. The molecule has 0 aliphatic rings. The Hall–Kier alpha value is -1.83. The van der Waals surface area contributed by atoms with E-state index in [0.29, 0.717) is 13.0 Å². The van der Waals surface area contributed by atoms with Crippen molar-refractivity contribution in [2.45, 2.75) is 26.2 Å². The summed E-state index contributed by atoms with van der Waals surface area (Å²) in [6, 6.07) is 14.7. The molecule has 94 valence electrons. The van der Waals surface area contributed by atoms with E-state index in [1.54, 1.807) is 0 Å². The number of hydrogen-bond acceptors (Lipinski definition) is 1. The summed E-state index contributed by atoms with van der Waals surface area (Å²) in [5, 5.41) is 5.50. The van der Waals surface area contributed by atoms with Crippen LogP contribution in [0, 0.1) is 0 Å². The van der Waals surface area contributed by atoms with Crippen molar-refractivity contribution in [3.05, 3.63) is 48.0 Å². The third kappa shape index (κ3) is 3.10. The molecule has 1 amide bonds. The number of carbonyl (C=O) groups is 1. The minimum atomic E-state index is 0.151. The Kier molecular flexibility index (Phi) is 4.35. The van der Waals surface area contributed by atoms with Gasteiger partial charge in [-0.05, 0) is 29.2 Å². The van der Waals surface area contributed by atoms with Crippen LogP contribution in [0.1, 0.15) is 25.3 Å². The molecular formula is C16H19NO. The van der Waals surface area contributed by atoms with Gasteiger partial charge < -0.3 is 5.32 Å². The van der Waals surface area contributed by atoms with Crippen LogP contribution < -0.4 is 5.32 Å². The molecule has 2 aromatic rings. The first-order valence-electron chi connectivity index (χ1n) is 6.54. The molecule has 2 aromatic carbocycles. The zero-order chi connectivity index (χ0) is 12.8. The van der Waals surface area contributed by atoms with Gasteiger partial charge in [0, 0.05) is 13.0 Å². The molecule has 1 N–H and O–H groups in total. The molecule has 0 saturated carbocycles. The average molecular weight is 241 g/mol. The summed E-state index contributed by atoms with van der Waals surface area (Å²) in [5.41, 5.74) is 1.30. The number of benzene rings is 2. The van der Waals surface area contributed by atoms with Crippen molar-refractivity contribution >= 4 is 16.7 Å². The largest absolute Gasteiger partial charge is 0.356 e. The van der Waals surface area contributed by atoms with E-state index in [0.717, 1.165) is 12.8 Å². The van der Waals surface area contributed by atoms with Gasteiger partial charge in [-0.15, -0.1) is 0 Å². The van der Waals surface area contributed by atoms with Gasteiger partial charge in [0.05, 0.1) is 0 Å². The smallest absolute Gasteiger partial charge is 0.219 e. The lowest BCUT2D eigenvalue weighted by molar-refractivity contribution is -0.121. The molecule has 0 heterocycles. The number of hydrogen-bond donors (Lipinski definition) is 1. The Labute approximate surface area is 108 Å². The van der Waals surface area contributed by atoms with Crippen LogP contribution in [0.4, 0.5) is 0 Å². The van der Waals surface area contributed by atoms with E-state index >= 15 is 0 Å². The number of rotatable bonds is 5. The maximum Gasteiger partial charge on any atom is 0.219 e.